The van der Waals surface area contributed by atoms with Crippen LogP contribution in [0.25, 0.3) is 0 Å². The average molecular weight is 313 g/mol. The molecule has 0 aliphatic carbocycles. The number of carboxylic acids is 2. The summed E-state index contributed by atoms with van der Waals surface area (Å²) < 4.78 is 4.84. The maximum absolute atomic E-state index is 11.7. The number of aromatic carboxylic acids is 2. The highest BCUT2D eigenvalue weighted by Crippen LogP contribution is 2.16. The molecule has 0 atom stereocenters. The molecule has 0 unspecified atom stereocenters. The molecule has 1 rings (SSSR count). The Balaban J connectivity index is 2.75. The number of nitrogens with one attached hydrogen (secondary N) is 1. The number of amides is 1. The van der Waals surface area contributed by atoms with E-state index in [1.807, 2.05) is 0 Å². The number of benzene rings is 1. The Bertz CT molecular complexity index is 513. The van der Waals surface area contributed by atoms with Gasteiger partial charge in [0.1, 0.15) is 0 Å². The second-order valence-electron chi connectivity index (χ2n) is 4.00. The number of carbonyl (C=O) groups excluding carboxylic acids is 1. The van der Waals surface area contributed by atoms with Crippen LogP contribution in [0.5, 0.6) is 0 Å². The molecule has 1 aromatic carbocycles. The summed E-state index contributed by atoms with van der Waals surface area (Å²) in [5, 5.41) is 20.3. The van der Waals surface area contributed by atoms with E-state index in [1.165, 1.54) is 23.9 Å². The van der Waals surface area contributed by atoms with Gasteiger partial charge in [0.15, 0.2) is 0 Å². The van der Waals surface area contributed by atoms with Crippen molar-refractivity contribution in [3.8, 4) is 0 Å². The number of hydrogen-bond acceptors (Lipinski definition) is 5. The topological polar surface area (TPSA) is 113 Å². The SMILES string of the molecule is COCCSCC(=O)Nc1cc(C(=O)O)cc(C(=O)O)c1. The number of thioether (sulfide) groups is 1. The second kappa shape index (κ2) is 8.28. The molecule has 8 heteroatoms. The first-order chi connectivity index (χ1) is 9.93. The number of anilines is 1. The molecule has 0 aliphatic heterocycles. The third-order valence-electron chi connectivity index (χ3n) is 2.38. The van der Waals surface area contributed by atoms with E-state index in [-0.39, 0.29) is 28.5 Å². The van der Waals surface area contributed by atoms with Crippen LogP contribution < -0.4 is 5.32 Å². The Kier molecular flexibility index (Phi) is 6.70. The first-order valence-corrected chi connectivity index (χ1v) is 7.07. The van der Waals surface area contributed by atoms with E-state index >= 15 is 0 Å². The van der Waals surface area contributed by atoms with Crippen molar-refractivity contribution < 1.29 is 29.3 Å². The molecule has 0 spiro atoms. The summed E-state index contributed by atoms with van der Waals surface area (Å²) >= 11 is 1.36. The molecular weight excluding hydrogens is 298 g/mol. The highest BCUT2D eigenvalue weighted by atomic mass is 32.2. The van der Waals surface area contributed by atoms with Crippen molar-refractivity contribution in [2.24, 2.45) is 0 Å². The lowest BCUT2D eigenvalue weighted by Crippen LogP contribution is -2.16. The van der Waals surface area contributed by atoms with Gasteiger partial charge in [-0.3, -0.25) is 4.79 Å². The van der Waals surface area contributed by atoms with Crippen LogP contribution in [0.4, 0.5) is 5.69 Å². The van der Waals surface area contributed by atoms with Gasteiger partial charge in [-0.25, -0.2) is 9.59 Å². The molecule has 0 aromatic heterocycles. The Morgan fingerprint density at radius 2 is 1.71 bits per heavy atom. The molecular formula is C13H15NO6S. The smallest absolute Gasteiger partial charge is 0.335 e. The Labute approximate surface area is 125 Å². The van der Waals surface area contributed by atoms with Gasteiger partial charge in [-0.1, -0.05) is 0 Å². The minimum Gasteiger partial charge on any atom is -0.478 e. The van der Waals surface area contributed by atoms with Crippen LogP contribution >= 0.6 is 11.8 Å². The van der Waals surface area contributed by atoms with Gasteiger partial charge in [-0.05, 0) is 18.2 Å². The summed E-state index contributed by atoms with van der Waals surface area (Å²) in [4.78, 5) is 33.5. The van der Waals surface area contributed by atoms with E-state index < -0.39 is 11.9 Å². The summed E-state index contributed by atoms with van der Waals surface area (Å²) in [7, 11) is 1.56. The van der Waals surface area contributed by atoms with Crippen LogP contribution in [-0.4, -0.2) is 53.3 Å². The lowest BCUT2D eigenvalue weighted by molar-refractivity contribution is -0.113. The summed E-state index contributed by atoms with van der Waals surface area (Å²) in [6.07, 6.45) is 0. The van der Waals surface area contributed by atoms with Crippen molar-refractivity contribution in [2.75, 3.05) is 30.5 Å². The molecule has 0 saturated heterocycles. The molecule has 1 amide bonds. The van der Waals surface area contributed by atoms with Gasteiger partial charge in [-0.15, -0.1) is 11.8 Å². The minimum absolute atomic E-state index is 0.143. The van der Waals surface area contributed by atoms with Gasteiger partial charge < -0.3 is 20.3 Å². The number of hydrogen-bond donors (Lipinski definition) is 3. The molecule has 114 valence electrons. The summed E-state index contributed by atoms with van der Waals surface area (Å²) in [6, 6.07) is 3.46. The van der Waals surface area contributed by atoms with E-state index in [0.29, 0.717) is 12.4 Å². The van der Waals surface area contributed by atoms with Crippen LogP contribution in [0, 0.1) is 0 Å². The van der Waals surface area contributed by atoms with E-state index in [2.05, 4.69) is 5.32 Å². The van der Waals surface area contributed by atoms with E-state index in [9.17, 15) is 14.4 Å². The van der Waals surface area contributed by atoms with Crippen LogP contribution in [0.15, 0.2) is 18.2 Å². The molecule has 7 nitrogen and oxygen atoms in total. The highest BCUT2D eigenvalue weighted by molar-refractivity contribution is 7.99. The first-order valence-electron chi connectivity index (χ1n) is 5.92. The predicted octanol–water partition coefficient (Wildman–Crippen LogP) is 1.40. The van der Waals surface area contributed by atoms with Crippen molar-refractivity contribution >= 4 is 35.3 Å². The molecule has 0 bridgehead atoms. The lowest BCUT2D eigenvalue weighted by Gasteiger charge is -2.07. The highest BCUT2D eigenvalue weighted by Gasteiger charge is 2.12. The standard InChI is InChI=1S/C13H15NO6S/c1-20-2-3-21-7-11(15)14-10-5-8(12(16)17)4-9(6-10)13(18)19/h4-6H,2-3,7H2,1H3,(H,14,15)(H,16,17)(H,18,19). The normalized spacial score (nSPS) is 10.1. The van der Waals surface area contributed by atoms with E-state index in [0.717, 1.165) is 6.07 Å². The largest absolute Gasteiger partial charge is 0.478 e. The molecule has 3 N–H and O–H groups in total. The fourth-order valence-corrected chi connectivity index (χ4v) is 2.14. The monoisotopic (exact) mass is 313 g/mol. The minimum atomic E-state index is -1.26. The van der Waals surface area contributed by atoms with Crippen molar-refractivity contribution in [1.29, 1.82) is 0 Å². The molecule has 21 heavy (non-hydrogen) atoms. The fourth-order valence-electron chi connectivity index (χ4n) is 1.45. The van der Waals surface area contributed by atoms with Gasteiger partial charge in [-0.2, -0.15) is 0 Å². The van der Waals surface area contributed by atoms with Crippen molar-refractivity contribution in [3.63, 3.8) is 0 Å². The van der Waals surface area contributed by atoms with E-state index in [4.69, 9.17) is 14.9 Å². The van der Waals surface area contributed by atoms with Gasteiger partial charge in [0, 0.05) is 18.6 Å². The molecule has 0 radical (unpaired) electrons. The molecule has 0 aliphatic rings. The maximum atomic E-state index is 11.7. The number of ether oxygens (including phenoxy) is 1. The zero-order valence-electron chi connectivity index (χ0n) is 11.3. The van der Waals surface area contributed by atoms with Crippen LogP contribution in [0.2, 0.25) is 0 Å². The third kappa shape index (κ3) is 5.84. The summed E-state index contributed by atoms with van der Waals surface area (Å²) in [6.45, 7) is 0.523. The molecule has 0 heterocycles. The summed E-state index contributed by atoms with van der Waals surface area (Å²) in [5.41, 5.74) is -0.251. The number of carboxylic acid groups (broad SMARTS) is 2. The molecule has 0 saturated carbocycles. The molecule has 0 fully saturated rings. The van der Waals surface area contributed by atoms with Crippen LogP contribution in [0.3, 0.4) is 0 Å². The van der Waals surface area contributed by atoms with Gasteiger partial charge in [0.05, 0.1) is 23.5 Å². The number of rotatable bonds is 8. The Hall–Kier alpha value is -2.06. The fraction of sp³-hybridized carbons (Fsp3) is 0.308. The van der Waals surface area contributed by atoms with Crippen molar-refractivity contribution in [3.05, 3.63) is 29.3 Å². The number of carbonyl (C=O) groups is 3. The van der Waals surface area contributed by atoms with Crippen LogP contribution in [0.1, 0.15) is 20.7 Å². The summed E-state index contributed by atoms with van der Waals surface area (Å²) in [5.74, 6) is -2.04. The van der Waals surface area contributed by atoms with Crippen molar-refractivity contribution in [1.82, 2.24) is 0 Å². The first kappa shape index (κ1) is 17.0. The Morgan fingerprint density at radius 3 is 2.19 bits per heavy atom. The zero-order chi connectivity index (χ0) is 15.8. The predicted molar refractivity (Wildman–Crippen MR) is 78.2 cm³/mol. The van der Waals surface area contributed by atoms with Gasteiger partial charge in [0.2, 0.25) is 5.91 Å². The quantitative estimate of drug-likeness (QED) is 0.622. The second-order valence-corrected chi connectivity index (χ2v) is 5.11. The van der Waals surface area contributed by atoms with E-state index in [1.54, 1.807) is 7.11 Å². The molecule has 1 aromatic rings. The van der Waals surface area contributed by atoms with Gasteiger partial charge >= 0.3 is 11.9 Å². The zero-order valence-corrected chi connectivity index (χ0v) is 12.1. The van der Waals surface area contributed by atoms with Crippen molar-refractivity contribution in [2.45, 2.75) is 0 Å². The Morgan fingerprint density at radius 1 is 1.14 bits per heavy atom. The van der Waals surface area contributed by atoms with Gasteiger partial charge in [0.25, 0.3) is 0 Å². The maximum Gasteiger partial charge on any atom is 0.335 e. The average Bonchev–Trinajstić information content (AvgIpc) is 2.43. The van der Waals surface area contributed by atoms with Crippen LogP contribution in [-0.2, 0) is 9.53 Å². The number of methoxy groups -OCH3 is 1. The third-order valence-corrected chi connectivity index (χ3v) is 3.30. The lowest BCUT2D eigenvalue weighted by atomic mass is 10.1.